The predicted molar refractivity (Wildman–Crippen MR) is 102 cm³/mol. The Morgan fingerprint density at radius 3 is 1.93 bits per heavy atom. The van der Waals surface area contributed by atoms with E-state index < -0.39 is 11.8 Å². The molecular formula is C23H14F2NNaO2. The number of carbonyl (C=O) groups excluding carboxylic acids is 1. The quantitative estimate of drug-likeness (QED) is 0.493. The van der Waals surface area contributed by atoms with Crippen molar-refractivity contribution >= 4 is 16.9 Å². The van der Waals surface area contributed by atoms with Gasteiger partial charge in [0.2, 0.25) is 0 Å². The number of rotatable bonds is 3. The van der Waals surface area contributed by atoms with Crippen LogP contribution in [-0.2, 0) is 0 Å². The number of benzene rings is 3. The Bertz CT molecular complexity index is 1210. The molecule has 0 amide bonds. The molecule has 6 heteroatoms. The van der Waals surface area contributed by atoms with E-state index in [4.69, 9.17) is 0 Å². The SMILES string of the molecule is Cc1c(-c2ccc(-c3ccc(F)cc3)cc2)nc2ccc(F)cc2c1C(=O)[O-].[Na+]. The third kappa shape index (κ3) is 4.08. The summed E-state index contributed by atoms with van der Waals surface area (Å²) in [6, 6.07) is 17.4. The molecule has 1 heterocycles. The average molecular weight is 397 g/mol. The maximum Gasteiger partial charge on any atom is 1.00 e. The summed E-state index contributed by atoms with van der Waals surface area (Å²) < 4.78 is 26.7. The molecule has 0 aliphatic heterocycles. The Balaban J connectivity index is 0.00000240. The number of hydrogen-bond acceptors (Lipinski definition) is 3. The minimum absolute atomic E-state index is 0. The fraction of sp³-hybridized carbons (Fsp3) is 0.0435. The zero-order valence-electron chi connectivity index (χ0n) is 15.9. The molecule has 0 unspecified atom stereocenters. The summed E-state index contributed by atoms with van der Waals surface area (Å²) in [5.74, 6) is -2.21. The number of pyridine rings is 1. The molecule has 0 saturated heterocycles. The Morgan fingerprint density at radius 1 is 0.828 bits per heavy atom. The molecule has 4 rings (SSSR count). The smallest absolute Gasteiger partial charge is 0.545 e. The van der Waals surface area contributed by atoms with Gasteiger partial charge in [0.25, 0.3) is 0 Å². The number of aromatic carboxylic acids is 1. The summed E-state index contributed by atoms with van der Waals surface area (Å²) in [5, 5.41) is 11.9. The maximum absolute atomic E-state index is 13.6. The summed E-state index contributed by atoms with van der Waals surface area (Å²) in [7, 11) is 0. The Kier molecular flexibility index (Phi) is 6.13. The second-order valence-corrected chi connectivity index (χ2v) is 6.49. The van der Waals surface area contributed by atoms with Gasteiger partial charge in [0.05, 0.1) is 17.2 Å². The standard InChI is InChI=1S/C23H15F2NO2.Na/c1-13-21(23(27)28)19-12-18(25)10-11-20(19)26-22(13)16-4-2-14(3-5-16)15-6-8-17(24)9-7-15;/h2-12H,1H3,(H,27,28);/q;+1/p-1. The molecule has 138 valence electrons. The van der Waals surface area contributed by atoms with Crippen LogP contribution in [0.5, 0.6) is 0 Å². The first-order chi connectivity index (χ1) is 13.4. The van der Waals surface area contributed by atoms with Gasteiger partial charge in [0.15, 0.2) is 0 Å². The van der Waals surface area contributed by atoms with Crippen molar-refractivity contribution in [3.63, 3.8) is 0 Å². The van der Waals surface area contributed by atoms with Crippen LogP contribution in [0.2, 0.25) is 0 Å². The van der Waals surface area contributed by atoms with Crippen LogP contribution >= 0.6 is 0 Å². The van der Waals surface area contributed by atoms with Crippen LogP contribution in [0.1, 0.15) is 15.9 Å². The van der Waals surface area contributed by atoms with Crippen molar-refractivity contribution < 1.29 is 48.2 Å². The normalized spacial score (nSPS) is 10.6. The van der Waals surface area contributed by atoms with Crippen molar-refractivity contribution in [2.75, 3.05) is 0 Å². The number of aromatic nitrogens is 1. The van der Waals surface area contributed by atoms with Gasteiger partial charge < -0.3 is 9.90 Å². The fourth-order valence-electron chi connectivity index (χ4n) is 3.34. The first-order valence-electron chi connectivity index (χ1n) is 8.61. The van der Waals surface area contributed by atoms with Gasteiger partial charge in [-0.3, -0.25) is 0 Å². The van der Waals surface area contributed by atoms with E-state index >= 15 is 0 Å². The van der Waals surface area contributed by atoms with Crippen molar-refractivity contribution in [1.82, 2.24) is 4.98 Å². The topological polar surface area (TPSA) is 53.0 Å². The monoisotopic (exact) mass is 397 g/mol. The molecule has 3 nitrogen and oxygen atoms in total. The molecule has 0 aliphatic carbocycles. The van der Waals surface area contributed by atoms with E-state index in [0.717, 1.165) is 22.8 Å². The van der Waals surface area contributed by atoms with Crippen LogP contribution in [0.15, 0.2) is 66.7 Å². The second-order valence-electron chi connectivity index (χ2n) is 6.49. The Morgan fingerprint density at radius 2 is 1.34 bits per heavy atom. The summed E-state index contributed by atoms with van der Waals surface area (Å²) in [5.41, 5.74) is 3.69. The molecule has 0 aliphatic rings. The van der Waals surface area contributed by atoms with Crippen LogP contribution in [0.4, 0.5) is 8.78 Å². The van der Waals surface area contributed by atoms with Crippen LogP contribution in [0.3, 0.4) is 0 Å². The van der Waals surface area contributed by atoms with E-state index in [-0.39, 0.29) is 46.3 Å². The molecule has 0 bridgehead atoms. The van der Waals surface area contributed by atoms with Gasteiger partial charge in [-0.25, -0.2) is 13.8 Å². The number of fused-ring (bicyclic) bond motifs is 1. The number of nitrogens with zero attached hydrogens (tertiary/aromatic N) is 1. The third-order valence-corrected chi connectivity index (χ3v) is 4.73. The summed E-state index contributed by atoms with van der Waals surface area (Å²) in [6.45, 7) is 1.63. The van der Waals surface area contributed by atoms with Gasteiger partial charge in [0, 0.05) is 16.5 Å². The van der Waals surface area contributed by atoms with E-state index in [1.165, 1.54) is 24.3 Å². The zero-order valence-corrected chi connectivity index (χ0v) is 17.9. The van der Waals surface area contributed by atoms with Gasteiger partial charge in [-0.2, -0.15) is 0 Å². The molecule has 0 radical (unpaired) electrons. The summed E-state index contributed by atoms with van der Waals surface area (Å²) in [4.78, 5) is 16.2. The van der Waals surface area contributed by atoms with Crippen LogP contribution in [0.25, 0.3) is 33.3 Å². The van der Waals surface area contributed by atoms with E-state index in [1.54, 1.807) is 19.1 Å². The molecule has 4 aromatic rings. The minimum atomic E-state index is -1.38. The van der Waals surface area contributed by atoms with Gasteiger partial charge in [-0.1, -0.05) is 36.4 Å². The predicted octanol–water partition coefficient (Wildman–Crippen LogP) is 1.52. The van der Waals surface area contributed by atoms with Crippen molar-refractivity contribution in [1.29, 1.82) is 0 Å². The van der Waals surface area contributed by atoms with E-state index in [1.807, 2.05) is 24.3 Å². The second kappa shape index (κ2) is 8.41. The van der Waals surface area contributed by atoms with Gasteiger partial charge in [-0.15, -0.1) is 0 Å². The molecule has 1 aromatic heterocycles. The third-order valence-electron chi connectivity index (χ3n) is 4.73. The Labute approximate surface area is 188 Å². The van der Waals surface area contributed by atoms with Crippen molar-refractivity contribution in [3.05, 3.63) is 89.5 Å². The molecule has 29 heavy (non-hydrogen) atoms. The van der Waals surface area contributed by atoms with Crippen LogP contribution in [0, 0.1) is 18.6 Å². The first kappa shape index (κ1) is 21.1. The Hall–Kier alpha value is -2.60. The van der Waals surface area contributed by atoms with Gasteiger partial charge in [-0.05, 0) is 53.9 Å². The summed E-state index contributed by atoms with van der Waals surface area (Å²) in [6.07, 6.45) is 0. The zero-order chi connectivity index (χ0) is 19.8. The van der Waals surface area contributed by atoms with Gasteiger partial charge >= 0.3 is 29.6 Å². The molecule has 0 fully saturated rings. The fourth-order valence-corrected chi connectivity index (χ4v) is 3.34. The number of hydrogen-bond donors (Lipinski definition) is 0. The van der Waals surface area contributed by atoms with Crippen molar-refractivity contribution in [2.45, 2.75) is 6.92 Å². The van der Waals surface area contributed by atoms with E-state index in [9.17, 15) is 18.7 Å². The largest absolute Gasteiger partial charge is 1.00 e. The molecule has 0 atom stereocenters. The molecule has 0 saturated carbocycles. The number of carbonyl (C=O) groups is 1. The average Bonchev–Trinajstić information content (AvgIpc) is 2.68. The number of carboxylic acid groups (broad SMARTS) is 1. The van der Waals surface area contributed by atoms with Crippen molar-refractivity contribution in [3.8, 4) is 22.4 Å². The first-order valence-corrected chi connectivity index (χ1v) is 8.61. The molecular weight excluding hydrogens is 383 g/mol. The van der Waals surface area contributed by atoms with Gasteiger partial charge in [0.1, 0.15) is 11.6 Å². The molecule has 0 N–H and O–H groups in total. The van der Waals surface area contributed by atoms with Crippen molar-refractivity contribution in [2.24, 2.45) is 0 Å². The van der Waals surface area contributed by atoms with Crippen LogP contribution < -0.4 is 34.7 Å². The maximum atomic E-state index is 13.6. The summed E-state index contributed by atoms with van der Waals surface area (Å²) >= 11 is 0. The number of halogens is 2. The molecule has 3 aromatic carbocycles. The van der Waals surface area contributed by atoms with Crippen LogP contribution in [-0.4, -0.2) is 11.0 Å². The molecule has 0 spiro atoms. The van der Waals surface area contributed by atoms with E-state index in [2.05, 4.69) is 4.98 Å². The van der Waals surface area contributed by atoms with E-state index in [0.29, 0.717) is 16.8 Å². The number of carboxylic acids is 1. The minimum Gasteiger partial charge on any atom is -0.545 e.